The standard InChI is InChI=1S/C7H11BF3N2.K/c1-7(2,3)13-6(4-5-12-13)8(9,10)11;/h4-5H,1-3H3;/q-1;+1. The Hall–Kier alpha value is 0.701. The molecule has 0 aliphatic rings. The van der Waals surface area contributed by atoms with E-state index in [1.54, 1.807) is 20.8 Å². The number of hydrogen-bond donors (Lipinski definition) is 0. The fraction of sp³-hybridized carbons (Fsp3) is 0.571. The zero-order valence-corrected chi connectivity index (χ0v) is 11.9. The Bertz CT molecular complexity index is 274. The van der Waals surface area contributed by atoms with E-state index in [1.165, 1.54) is 6.20 Å². The first-order chi connectivity index (χ1) is 5.73. The predicted octanol–water partition coefficient (Wildman–Crippen LogP) is -1.30. The van der Waals surface area contributed by atoms with E-state index in [2.05, 4.69) is 5.10 Å². The van der Waals surface area contributed by atoms with E-state index < -0.39 is 18.1 Å². The summed E-state index contributed by atoms with van der Waals surface area (Å²) in [5.74, 6) is 0. The van der Waals surface area contributed by atoms with Crippen molar-refractivity contribution < 1.29 is 64.3 Å². The van der Waals surface area contributed by atoms with Gasteiger partial charge in [0.25, 0.3) is 0 Å². The fourth-order valence-electron chi connectivity index (χ4n) is 1.12. The summed E-state index contributed by atoms with van der Waals surface area (Å²) in [6.07, 6.45) is 1.18. The first kappa shape index (κ1) is 14.7. The van der Waals surface area contributed by atoms with Crippen LogP contribution in [0.15, 0.2) is 12.3 Å². The summed E-state index contributed by atoms with van der Waals surface area (Å²) in [7, 11) is 0. The fourth-order valence-corrected chi connectivity index (χ4v) is 1.12. The summed E-state index contributed by atoms with van der Waals surface area (Å²) >= 11 is 0. The van der Waals surface area contributed by atoms with Gasteiger partial charge in [-0.25, -0.2) is 0 Å². The molecule has 0 N–H and O–H groups in total. The molecule has 74 valence electrons. The van der Waals surface area contributed by atoms with E-state index >= 15 is 0 Å². The van der Waals surface area contributed by atoms with Crippen LogP contribution in [0.2, 0.25) is 0 Å². The molecule has 0 saturated carbocycles. The summed E-state index contributed by atoms with van der Waals surface area (Å²) < 4.78 is 38.2. The minimum absolute atomic E-state index is 0. The summed E-state index contributed by atoms with van der Waals surface area (Å²) in [5, 5.41) is 3.67. The second kappa shape index (κ2) is 4.69. The van der Waals surface area contributed by atoms with Crippen LogP contribution in [0.25, 0.3) is 0 Å². The zero-order valence-electron chi connectivity index (χ0n) is 8.76. The van der Waals surface area contributed by atoms with Gasteiger partial charge in [0.15, 0.2) is 0 Å². The Kier molecular flexibility index (Phi) is 4.93. The summed E-state index contributed by atoms with van der Waals surface area (Å²) in [6, 6.07) is 1.01. The van der Waals surface area contributed by atoms with Gasteiger partial charge in [-0.1, -0.05) is 6.07 Å². The molecule has 0 aromatic carbocycles. The van der Waals surface area contributed by atoms with Gasteiger partial charge in [0.1, 0.15) is 0 Å². The maximum Gasteiger partial charge on any atom is 1.00 e. The van der Waals surface area contributed by atoms with Gasteiger partial charge < -0.3 is 12.9 Å². The van der Waals surface area contributed by atoms with E-state index in [0.717, 1.165) is 10.7 Å². The average Bonchev–Trinajstić information content (AvgIpc) is 2.27. The van der Waals surface area contributed by atoms with E-state index in [0.29, 0.717) is 0 Å². The van der Waals surface area contributed by atoms with Gasteiger partial charge in [-0.2, -0.15) is 5.10 Å². The Morgan fingerprint density at radius 1 is 1.29 bits per heavy atom. The smallest absolute Gasteiger partial charge is 0.444 e. The van der Waals surface area contributed by atoms with E-state index in [-0.39, 0.29) is 51.4 Å². The SMILES string of the molecule is CC(C)(C)n1nccc1[B-](F)(F)F.[K+]. The van der Waals surface area contributed by atoms with Crippen LogP contribution in [0.3, 0.4) is 0 Å². The molecule has 0 atom stereocenters. The molecule has 2 nitrogen and oxygen atoms in total. The van der Waals surface area contributed by atoms with Crippen LogP contribution >= 0.6 is 0 Å². The van der Waals surface area contributed by atoms with Crippen molar-refractivity contribution in [1.29, 1.82) is 0 Å². The van der Waals surface area contributed by atoms with Crippen LogP contribution in [0.5, 0.6) is 0 Å². The number of hydrogen-bond acceptors (Lipinski definition) is 1. The summed E-state index contributed by atoms with van der Waals surface area (Å²) in [5.41, 5.74) is -1.27. The van der Waals surface area contributed by atoms with Crippen molar-refractivity contribution >= 4 is 12.6 Å². The van der Waals surface area contributed by atoms with Crippen molar-refractivity contribution in [2.24, 2.45) is 0 Å². The van der Waals surface area contributed by atoms with Gasteiger partial charge >= 0.3 is 58.4 Å². The Labute approximate surface area is 124 Å². The molecule has 1 aromatic heterocycles. The van der Waals surface area contributed by atoms with Crippen LogP contribution < -0.4 is 57.0 Å². The van der Waals surface area contributed by atoms with Crippen molar-refractivity contribution in [1.82, 2.24) is 9.78 Å². The predicted molar refractivity (Wildman–Crippen MR) is 45.9 cm³/mol. The van der Waals surface area contributed by atoms with Gasteiger partial charge in [-0.05, 0) is 26.4 Å². The third-order valence-corrected chi connectivity index (χ3v) is 1.64. The summed E-state index contributed by atoms with van der Waals surface area (Å²) in [6.45, 7) is 0.0955. The first-order valence-electron chi connectivity index (χ1n) is 3.97. The maximum absolute atomic E-state index is 12.4. The molecule has 0 aliphatic heterocycles. The number of nitrogens with zero attached hydrogens (tertiary/aromatic N) is 2. The third-order valence-electron chi connectivity index (χ3n) is 1.64. The molecule has 0 bridgehead atoms. The normalized spacial score (nSPS) is 12.4. The van der Waals surface area contributed by atoms with E-state index in [1.807, 2.05) is 0 Å². The first-order valence-corrected chi connectivity index (χ1v) is 3.97. The molecule has 1 heterocycles. The molecule has 1 rings (SSSR count). The monoisotopic (exact) mass is 230 g/mol. The minimum atomic E-state index is -4.96. The molecule has 0 saturated heterocycles. The quantitative estimate of drug-likeness (QED) is 0.548. The largest absolute Gasteiger partial charge is 1.00 e. The van der Waals surface area contributed by atoms with Crippen molar-refractivity contribution in [3.63, 3.8) is 0 Å². The zero-order chi connectivity index (χ0) is 10.3. The number of aromatic nitrogens is 2. The van der Waals surface area contributed by atoms with Gasteiger partial charge in [-0.3, -0.25) is 4.68 Å². The Balaban J connectivity index is 0.00000169. The molecule has 0 fully saturated rings. The Morgan fingerprint density at radius 3 is 2.07 bits per heavy atom. The topological polar surface area (TPSA) is 17.8 Å². The van der Waals surface area contributed by atoms with Gasteiger partial charge in [-0.15, -0.1) is 0 Å². The maximum atomic E-state index is 12.4. The molecule has 0 spiro atoms. The summed E-state index contributed by atoms with van der Waals surface area (Å²) in [4.78, 5) is 0. The van der Waals surface area contributed by atoms with Crippen LogP contribution in [0.4, 0.5) is 12.9 Å². The molecular weight excluding hydrogens is 219 g/mol. The minimum Gasteiger partial charge on any atom is -0.444 e. The Morgan fingerprint density at radius 2 is 1.79 bits per heavy atom. The van der Waals surface area contributed by atoms with Gasteiger partial charge in [0, 0.05) is 6.20 Å². The van der Waals surface area contributed by atoms with Crippen molar-refractivity contribution in [2.45, 2.75) is 26.3 Å². The molecule has 0 radical (unpaired) electrons. The van der Waals surface area contributed by atoms with Crippen molar-refractivity contribution in [2.75, 3.05) is 0 Å². The number of halogens is 3. The van der Waals surface area contributed by atoms with Crippen LogP contribution in [-0.4, -0.2) is 16.8 Å². The molecule has 1 aromatic rings. The van der Waals surface area contributed by atoms with Crippen LogP contribution in [-0.2, 0) is 5.54 Å². The molecule has 14 heavy (non-hydrogen) atoms. The van der Waals surface area contributed by atoms with Crippen LogP contribution in [0, 0.1) is 0 Å². The third kappa shape index (κ3) is 3.37. The molecule has 0 unspecified atom stereocenters. The molecule has 0 aliphatic carbocycles. The molecular formula is C7H11BF3KN2. The van der Waals surface area contributed by atoms with Gasteiger partial charge in [0.05, 0.1) is 5.54 Å². The van der Waals surface area contributed by atoms with Crippen LogP contribution in [0.1, 0.15) is 20.8 Å². The molecule has 0 amide bonds. The van der Waals surface area contributed by atoms with E-state index in [9.17, 15) is 12.9 Å². The van der Waals surface area contributed by atoms with Gasteiger partial charge in [0.2, 0.25) is 0 Å². The average molecular weight is 230 g/mol. The second-order valence-corrected chi connectivity index (χ2v) is 3.91. The second-order valence-electron chi connectivity index (χ2n) is 3.91. The van der Waals surface area contributed by atoms with Crippen molar-refractivity contribution in [3.8, 4) is 0 Å². The van der Waals surface area contributed by atoms with E-state index in [4.69, 9.17) is 0 Å². The molecule has 7 heteroatoms. The van der Waals surface area contributed by atoms with Crippen molar-refractivity contribution in [3.05, 3.63) is 12.3 Å². The number of rotatable bonds is 1.